The number of carbonyl (C=O) groups is 1. The average Bonchev–Trinajstić information content (AvgIpc) is 2.43. The van der Waals surface area contributed by atoms with E-state index in [-0.39, 0.29) is 13.2 Å². The first-order valence-electron chi connectivity index (χ1n) is 6.33. The smallest absolute Gasteiger partial charge is 0.323 e. The van der Waals surface area contributed by atoms with E-state index >= 15 is 0 Å². The van der Waals surface area contributed by atoms with Crippen molar-refractivity contribution < 1.29 is 19.5 Å². The lowest BCUT2D eigenvalue weighted by Gasteiger charge is -2.11. The second-order valence-corrected chi connectivity index (χ2v) is 4.23. The summed E-state index contributed by atoms with van der Waals surface area (Å²) in [5, 5.41) is 9.04. The Balaban J connectivity index is 2.14. The predicted molar refractivity (Wildman–Crippen MR) is 71.3 cm³/mol. The van der Waals surface area contributed by atoms with E-state index in [1.54, 1.807) is 0 Å². The van der Waals surface area contributed by atoms with Gasteiger partial charge in [-0.3, -0.25) is 4.79 Å². The standard InChI is InChI=1S/C13H18N2O5/c14-12(10-11-6-2-1-3-7-11)13(16)19-8-4-5-9-20-15(17)18/h1-3,6-7,12H,4-5,8-10,14H2. The van der Waals surface area contributed by atoms with Crippen LogP contribution in [0.1, 0.15) is 18.4 Å². The normalized spacial score (nSPS) is 11.7. The fraction of sp³-hybridized carbons (Fsp3) is 0.462. The Morgan fingerprint density at radius 2 is 1.90 bits per heavy atom. The van der Waals surface area contributed by atoms with Gasteiger partial charge in [-0.15, -0.1) is 10.1 Å². The summed E-state index contributed by atoms with van der Waals surface area (Å²) in [4.78, 5) is 25.6. The highest BCUT2D eigenvalue weighted by molar-refractivity contribution is 5.75. The van der Waals surface area contributed by atoms with Gasteiger partial charge in [-0.2, -0.15) is 0 Å². The third-order valence-electron chi connectivity index (χ3n) is 2.58. The minimum atomic E-state index is -0.845. The predicted octanol–water partition coefficient (Wildman–Crippen LogP) is 1.09. The SMILES string of the molecule is NC(Cc1ccccc1)C(=O)OCCCCO[N+](=O)[O-]. The maximum atomic E-state index is 11.6. The van der Waals surface area contributed by atoms with Gasteiger partial charge in [0.05, 0.1) is 13.2 Å². The average molecular weight is 282 g/mol. The minimum absolute atomic E-state index is 0.000614. The van der Waals surface area contributed by atoms with Crippen LogP contribution in [0.5, 0.6) is 0 Å². The monoisotopic (exact) mass is 282 g/mol. The lowest BCUT2D eigenvalue weighted by Crippen LogP contribution is -2.34. The van der Waals surface area contributed by atoms with Crippen molar-refractivity contribution in [2.45, 2.75) is 25.3 Å². The summed E-state index contributed by atoms with van der Waals surface area (Å²) in [6, 6.07) is 8.73. The molecule has 1 atom stereocenters. The molecule has 0 aliphatic carbocycles. The number of esters is 1. The first kappa shape index (κ1) is 15.9. The van der Waals surface area contributed by atoms with Crippen LogP contribution in [-0.2, 0) is 20.8 Å². The van der Waals surface area contributed by atoms with Gasteiger partial charge in [0.15, 0.2) is 0 Å². The third-order valence-corrected chi connectivity index (χ3v) is 2.58. The zero-order valence-electron chi connectivity index (χ0n) is 11.1. The molecule has 0 aromatic heterocycles. The van der Waals surface area contributed by atoms with Crippen LogP contribution < -0.4 is 5.73 Å². The Hall–Kier alpha value is -2.15. The number of unbranched alkanes of at least 4 members (excludes halogenated alkanes) is 1. The second-order valence-electron chi connectivity index (χ2n) is 4.23. The fourth-order valence-corrected chi connectivity index (χ4v) is 1.57. The largest absolute Gasteiger partial charge is 0.465 e. The van der Waals surface area contributed by atoms with Gasteiger partial charge in [0, 0.05) is 0 Å². The van der Waals surface area contributed by atoms with Gasteiger partial charge in [0.1, 0.15) is 6.04 Å². The van der Waals surface area contributed by atoms with E-state index in [1.165, 1.54) is 0 Å². The quantitative estimate of drug-likeness (QED) is 0.314. The molecule has 7 heteroatoms. The number of hydrogen-bond donors (Lipinski definition) is 1. The minimum Gasteiger partial charge on any atom is -0.465 e. The summed E-state index contributed by atoms with van der Waals surface area (Å²) >= 11 is 0. The third kappa shape index (κ3) is 6.69. The molecule has 2 N–H and O–H groups in total. The van der Waals surface area contributed by atoms with Crippen molar-refractivity contribution in [3.8, 4) is 0 Å². The molecular formula is C13H18N2O5. The van der Waals surface area contributed by atoms with Gasteiger partial charge in [0.2, 0.25) is 0 Å². The molecule has 0 bridgehead atoms. The first-order chi connectivity index (χ1) is 9.59. The molecule has 0 aliphatic rings. The van der Waals surface area contributed by atoms with Crippen molar-refractivity contribution in [2.75, 3.05) is 13.2 Å². The number of rotatable bonds is 9. The number of nitrogens with two attached hydrogens (primary N) is 1. The molecule has 20 heavy (non-hydrogen) atoms. The number of nitrogens with zero attached hydrogens (tertiary/aromatic N) is 1. The summed E-state index contributed by atoms with van der Waals surface area (Å²) in [5.74, 6) is -0.468. The summed E-state index contributed by atoms with van der Waals surface area (Å²) in [6.07, 6.45) is 1.37. The molecule has 0 saturated carbocycles. The van der Waals surface area contributed by atoms with Crippen molar-refractivity contribution in [1.82, 2.24) is 0 Å². The lowest BCUT2D eigenvalue weighted by atomic mass is 10.1. The van der Waals surface area contributed by atoms with E-state index in [0.717, 1.165) is 5.56 Å². The Morgan fingerprint density at radius 1 is 1.25 bits per heavy atom. The molecule has 1 rings (SSSR count). The molecule has 0 spiro atoms. The highest BCUT2D eigenvalue weighted by Gasteiger charge is 2.15. The Labute approximate surface area is 116 Å². The van der Waals surface area contributed by atoms with Crippen LogP contribution in [0.25, 0.3) is 0 Å². The molecule has 110 valence electrons. The molecule has 0 fully saturated rings. The second kappa shape index (κ2) is 8.87. The van der Waals surface area contributed by atoms with Crippen molar-refractivity contribution >= 4 is 5.97 Å². The van der Waals surface area contributed by atoms with Crippen molar-refractivity contribution in [2.24, 2.45) is 5.73 Å². The lowest BCUT2D eigenvalue weighted by molar-refractivity contribution is -0.757. The fourth-order valence-electron chi connectivity index (χ4n) is 1.57. The molecule has 1 aromatic carbocycles. The zero-order chi connectivity index (χ0) is 14.8. The number of hydrogen-bond acceptors (Lipinski definition) is 6. The van der Waals surface area contributed by atoms with Gasteiger partial charge < -0.3 is 15.3 Å². The molecule has 0 heterocycles. The van der Waals surface area contributed by atoms with E-state index in [4.69, 9.17) is 10.5 Å². The van der Waals surface area contributed by atoms with Crippen LogP contribution in [-0.4, -0.2) is 30.3 Å². The molecule has 7 nitrogen and oxygen atoms in total. The Kier molecular flexibility index (Phi) is 7.05. The first-order valence-corrected chi connectivity index (χ1v) is 6.33. The van der Waals surface area contributed by atoms with Gasteiger partial charge in [-0.25, -0.2) is 0 Å². The van der Waals surface area contributed by atoms with Crippen molar-refractivity contribution in [3.63, 3.8) is 0 Å². The van der Waals surface area contributed by atoms with Gasteiger partial charge >= 0.3 is 5.97 Å². The van der Waals surface area contributed by atoms with Gasteiger partial charge in [-0.1, -0.05) is 30.3 Å². The number of carbonyl (C=O) groups excluding carboxylic acids is 1. The molecule has 0 saturated heterocycles. The van der Waals surface area contributed by atoms with Crippen molar-refractivity contribution in [1.29, 1.82) is 0 Å². The molecule has 1 unspecified atom stereocenters. The van der Waals surface area contributed by atoms with E-state index in [9.17, 15) is 14.9 Å². The van der Waals surface area contributed by atoms with E-state index in [1.807, 2.05) is 30.3 Å². The van der Waals surface area contributed by atoms with Crippen LogP contribution in [0.3, 0.4) is 0 Å². The van der Waals surface area contributed by atoms with Crippen LogP contribution in [0.4, 0.5) is 0 Å². The number of ether oxygens (including phenoxy) is 1. The summed E-state index contributed by atoms with van der Waals surface area (Å²) in [5.41, 5.74) is 6.71. The molecule has 0 aliphatic heterocycles. The van der Waals surface area contributed by atoms with Crippen LogP contribution in [0.15, 0.2) is 30.3 Å². The zero-order valence-corrected chi connectivity index (χ0v) is 11.1. The highest BCUT2D eigenvalue weighted by Crippen LogP contribution is 2.03. The van der Waals surface area contributed by atoms with Crippen LogP contribution in [0.2, 0.25) is 0 Å². The van der Waals surface area contributed by atoms with Crippen molar-refractivity contribution in [3.05, 3.63) is 46.0 Å². The molecule has 1 aromatic rings. The maximum absolute atomic E-state index is 11.6. The molecule has 0 radical (unpaired) electrons. The maximum Gasteiger partial charge on any atom is 0.323 e. The summed E-state index contributed by atoms with van der Waals surface area (Å²) in [6.45, 7) is 0.184. The van der Waals surface area contributed by atoms with Crippen LogP contribution in [0, 0.1) is 10.1 Å². The van der Waals surface area contributed by atoms with E-state index in [0.29, 0.717) is 19.3 Å². The highest BCUT2D eigenvalue weighted by atomic mass is 16.9. The topological polar surface area (TPSA) is 105 Å². The Morgan fingerprint density at radius 3 is 2.55 bits per heavy atom. The summed E-state index contributed by atoms with van der Waals surface area (Å²) < 4.78 is 4.99. The van der Waals surface area contributed by atoms with E-state index < -0.39 is 17.1 Å². The molecular weight excluding hydrogens is 264 g/mol. The van der Waals surface area contributed by atoms with Gasteiger partial charge in [0.25, 0.3) is 5.09 Å². The van der Waals surface area contributed by atoms with Gasteiger partial charge in [-0.05, 0) is 24.8 Å². The number of benzene rings is 1. The van der Waals surface area contributed by atoms with Crippen LogP contribution >= 0.6 is 0 Å². The molecule has 0 amide bonds. The summed E-state index contributed by atoms with van der Waals surface area (Å²) in [7, 11) is 0. The Bertz CT molecular complexity index is 424. The van der Waals surface area contributed by atoms with E-state index in [2.05, 4.69) is 4.84 Å².